The normalized spacial score (nSPS) is 15.6. The largest absolute Gasteiger partial charge is 0.349 e. The molecule has 1 amide bonds. The van der Waals surface area contributed by atoms with E-state index >= 15 is 0 Å². The molecule has 1 aliphatic heterocycles. The Hall–Kier alpha value is -1.30. The van der Waals surface area contributed by atoms with Gasteiger partial charge in [0.15, 0.2) is 0 Å². The van der Waals surface area contributed by atoms with E-state index in [0.717, 1.165) is 25.9 Å². The summed E-state index contributed by atoms with van der Waals surface area (Å²) in [5.74, 6) is -0.139. The molecule has 0 aliphatic carbocycles. The second kappa shape index (κ2) is 8.59. The number of rotatable bonds is 4. The number of pyridine rings is 1. The lowest BCUT2D eigenvalue weighted by Crippen LogP contribution is -2.43. The average molecular weight is 427 g/mol. The number of nitriles is 1. The molecule has 3 heterocycles. The Morgan fingerprint density at radius 3 is 2.65 bits per heavy atom. The molecule has 5 nitrogen and oxygen atoms in total. The van der Waals surface area contributed by atoms with Crippen LogP contribution in [0.15, 0.2) is 27.6 Å². The highest BCUT2D eigenvalue weighted by molar-refractivity contribution is 8.01. The Bertz CT molecular complexity index is 837. The maximum Gasteiger partial charge on any atom is 0.261 e. The minimum atomic E-state index is -0.139. The zero-order chi connectivity index (χ0) is 18.7. The third-order valence-corrected chi connectivity index (χ3v) is 7.38. The van der Waals surface area contributed by atoms with Crippen LogP contribution in [0.4, 0.5) is 0 Å². The fraction of sp³-hybridized carbons (Fsp3) is 0.353. The molecule has 2 aromatic rings. The number of likely N-dealkylation sites (tertiary alicyclic amines) is 1. The van der Waals surface area contributed by atoms with Crippen LogP contribution in [-0.4, -0.2) is 42.0 Å². The Labute approximate surface area is 170 Å². The van der Waals surface area contributed by atoms with Crippen molar-refractivity contribution in [1.82, 2.24) is 15.2 Å². The van der Waals surface area contributed by atoms with Crippen LogP contribution in [0.5, 0.6) is 0 Å². The Balaban J connectivity index is 1.76. The van der Waals surface area contributed by atoms with Gasteiger partial charge < -0.3 is 10.2 Å². The predicted molar refractivity (Wildman–Crippen MR) is 105 cm³/mol. The maximum absolute atomic E-state index is 12.6. The van der Waals surface area contributed by atoms with Gasteiger partial charge in [-0.2, -0.15) is 5.26 Å². The van der Waals surface area contributed by atoms with E-state index < -0.39 is 0 Å². The summed E-state index contributed by atoms with van der Waals surface area (Å²) in [6, 6.07) is 3.94. The fourth-order valence-electron chi connectivity index (χ4n) is 2.64. The first kappa shape index (κ1) is 19.5. The first-order valence-corrected chi connectivity index (χ1v) is 10.4. The topological polar surface area (TPSA) is 69.0 Å². The highest BCUT2D eigenvalue weighted by Gasteiger charge is 2.22. The van der Waals surface area contributed by atoms with Crippen LogP contribution in [0.25, 0.3) is 0 Å². The molecule has 0 unspecified atom stereocenters. The molecule has 1 aliphatic rings. The van der Waals surface area contributed by atoms with Crippen LogP contribution >= 0.6 is 46.3 Å². The standard InChI is InChI=1S/C17H16Cl2N4OS2/c1-23-4-2-11(3-5-23)22-16(24)14-6-10(7-20)17(25-14)26-15-12(18)8-21-9-13(15)19/h6,8-9,11H,2-5H2,1H3,(H,22,24). The van der Waals surface area contributed by atoms with Crippen LogP contribution in [0.1, 0.15) is 28.1 Å². The van der Waals surface area contributed by atoms with Crippen molar-refractivity contribution in [2.24, 2.45) is 0 Å². The molecule has 0 bridgehead atoms. The van der Waals surface area contributed by atoms with Gasteiger partial charge in [0.1, 0.15) is 6.07 Å². The molecular weight excluding hydrogens is 411 g/mol. The van der Waals surface area contributed by atoms with Gasteiger partial charge in [0.05, 0.1) is 29.6 Å². The summed E-state index contributed by atoms with van der Waals surface area (Å²) in [7, 11) is 2.08. The molecule has 0 radical (unpaired) electrons. The van der Waals surface area contributed by atoms with Crippen molar-refractivity contribution in [1.29, 1.82) is 5.26 Å². The monoisotopic (exact) mass is 426 g/mol. The zero-order valence-corrected chi connectivity index (χ0v) is 17.1. The van der Waals surface area contributed by atoms with Gasteiger partial charge in [-0.25, -0.2) is 0 Å². The van der Waals surface area contributed by atoms with Gasteiger partial charge in [0.2, 0.25) is 0 Å². The Morgan fingerprint density at radius 2 is 2.04 bits per heavy atom. The van der Waals surface area contributed by atoms with E-state index in [0.29, 0.717) is 29.6 Å². The lowest BCUT2D eigenvalue weighted by atomic mass is 10.1. The number of thiophene rings is 1. The number of piperidine rings is 1. The number of carbonyl (C=O) groups is 1. The summed E-state index contributed by atoms with van der Waals surface area (Å²) < 4.78 is 0.691. The summed E-state index contributed by atoms with van der Waals surface area (Å²) in [4.78, 5) is 19.9. The van der Waals surface area contributed by atoms with E-state index in [1.54, 1.807) is 6.07 Å². The predicted octanol–water partition coefficient (Wildman–Crippen LogP) is 4.30. The van der Waals surface area contributed by atoms with Crippen LogP contribution in [-0.2, 0) is 0 Å². The summed E-state index contributed by atoms with van der Waals surface area (Å²) in [6.07, 6.45) is 4.87. The molecule has 1 fully saturated rings. The zero-order valence-electron chi connectivity index (χ0n) is 14.0. The quantitative estimate of drug-likeness (QED) is 0.788. The van der Waals surface area contributed by atoms with Gasteiger partial charge in [-0.1, -0.05) is 35.0 Å². The summed E-state index contributed by atoms with van der Waals surface area (Å²) >= 11 is 14.9. The number of carbonyl (C=O) groups excluding carboxylic acids is 1. The van der Waals surface area contributed by atoms with E-state index in [2.05, 4.69) is 28.3 Å². The molecule has 136 valence electrons. The van der Waals surface area contributed by atoms with E-state index in [1.165, 1.54) is 35.5 Å². The number of hydrogen-bond acceptors (Lipinski definition) is 6. The van der Waals surface area contributed by atoms with E-state index in [4.69, 9.17) is 23.2 Å². The molecule has 3 rings (SSSR count). The van der Waals surface area contributed by atoms with E-state index in [-0.39, 0.29) is 11.9 Å². The van der Waals surface area contributed by atoms with Gasteiger partial charge in [-0.05, 0) is 39.0 Å². The molecule has 0 spiro atoms. The molecule has 0 aromatic carbocycles. The Morgan fingerprint density at radius 1 is 1.38 bits per heavy atom. The third-order valence-electron chi connectivity index (χ3n) is 4.10. The van der Waals surface area contributed by atoms with Crippen molar-refractivity contribution in [3.63, 3.8) is 0 Å². The SMILES string of the molecule is CN1CCC(NC(=O)c2cc(C#N)c(Sc3c(Cl)cncc3Cl)s2)CC1. The maximum atomic E-state index is 12.6. The molecule has 0 saturated carbocycles. The molecule has 26 heavy (non-hydrogen) atoms. The van der Waals surface area contributed by atoms with Crippen molar-refractivity contribution in [2.45, 2.75) is 28.0 Å². The second-order valence-corrected chi connectivity index (χ2v) is 9.15. The van der Waals surface area contributed by atoms with Crippen LogP contribution in [0.3, 0.4) is 0 Å². The lowest BCUT2D eigenvalue weighted by molar-refractivity contribution is 0.0921. The number of nitrogens with one attached hydrogen (secondary N) is 1. The highest BCUT2D eigenvalue weighted by atomic mass is 35.5. The van der Waals surface area contributed by atoms with Crippen LogP contribution < -0.4 is 5.32 Å². The van der Waals surface area contributed by atoms with Crippen molar-refractivity contribution in [2.75, 3.05) is 20.1 Å². The number of nitrogens with zero attached hydrogens (tertiary/aromatic N) is 3. The number of hydrogen-bond donors (Lipinski definition) is 1. The lowest BCUT2D eigenvalue weighted by Gasteiger charge is -2.29. The molecular formula is C17H16Cl2N4OS2. The van der Waals surface area contributed by atoms with E-state index in [1.807, 2.05) is 0 Å². The summed E-state index contributed by atoms with van der Waals surface area (Å²) in [6.45, 7) is 1.94. The van der Waals surface area contributed by atoms with Gasteiger partial charge in [0, 0.05) is 18.4 Å². The molecule has 0 atom stereocenters. The van der Waals surface area contributed by atoms with Gasteiger partial charge >= 0.3 is 0 Å². The summed E-state index contributed by atoms with van der Waals surface area (Å²) in [5.41, 5.74) is 0.442. The highest BCUT2D eigenvalue weighted by Crippen LogP contribution is 2.42. The molecule has 1 N–H and O–H groups in total. The van der Waals surface area contributed by atoms with Crippen LogP contribution in [0, 0.1) is 11.3 Å². The van der Waals surface area contributed by atoms with Crippen molar-refractivity contribution < 1.29 is 4.79 Å². The second-order valence-electron chi connectivity index (χ2n) is 6.01. The first-order valence-electron chi connectivity index (χ1n) is 7.98. The minimum Gasteiger partial charge on any atom is -0.349 e. The minimum absolute atomic E-state index is 0.139. The smallest absolute Gasteiger partial charge is 0.261 e. The van der Waals surface area contributed by atoms with Crippen molar-refractivity contribution >= 4 is 52.2 Å². The molecule has 2 aromatic heterocycles. The molecule has 1 saturated heterocycles. The average Bonchev–Trinajstić information content (AvgIpc) is 3.03. The third kappa shape index (κ3) is 4.51. The van der Waals surface area contributed by atoms with E-state index in [9.17, 15) is 10.1 Å². The van der Waals surface area contributed by atoms with Crippen molar-refractivity contribution in [3.05, 3.63) is 38.9 Å². The van der Waals surface area contributed by atoms with Gasteiger partial charge in [0.25, 0.3) is 5.91 Å². The number of halogens is 2. The number of aromatic nitrogens is 1. The van der Waals surface area contributed by atoms with Gasteiger partial charge in [-0.15, -0.1) is 11.3 Å². The van der Waals surface area contributed by atoms with Crippen molar-refractivity contribution in [3.8, 4) is 6.07 Å². The Kier molecular flexibility index (Phi) is 6.43. The van der Waals surface area contributed by atoms with Crippen LogP contribution in [0.2, 0.25) is 10.0 Å². The molecule has 9 heteroatoms. The summed E-state index contributed by atoms with van der Waals surface area (Å²) in [5, 5.41) is 13.3. The first-order chi connectivity index (χ1) is 12.5. The fourth-order valence-corrected chi connectivity index (χ4v) is 5.36. The van der Waals surface area contributed by atoms with Gasteiger partial charge in [-0.3, -0.25) is 9.78 Å². The number of amides is 1.